The Hall–Kier alpha value is -3.08. The molecule has 0 N–H and O–H groups in total. The second kappa shape index (κ2) is 9.83. The number of halogens is 5. The third kappa shape index (κ3) is 4.79. The average Bonchev–Trinajstić information content (AvgIpc) is 3.65. The summed E-state index contributed by atoms with van der Waals surface area (Å²) in [6.45, 7) is 2.82. The summed E-state index contributed by atoms with van der Waals surface area (Å²) in [5.74, 6) is 0.122. The van der Waals surface area contributed by atoms with Gasteiger partial charge in [-0.2, -0.15) is 18.3 Å². The summed E-state index contributed by atoms with van der Waals surface area (Å²) in [7, 11) is 0. The summed E-state index contributed by atoms with van der Waals surface area (Å²) in [5, 5.41) is 4.69. The Morgan fingerprint density at radius 3 is 2.38 bits per heavy atom. The molecule has 11 heteroatoms. The van der Waals surface area contributed by atoms with Gasteiger partial charge in [0.25, 0.3) is 0 Å². The van der Waals surface area contributed by atoms with Gasteiger partial charge in [-0.25, -0.2) is 9.18 Å². The van der Waals surface area contributed by atoms with Crippen LogP contribution in [-0.2, 0) is 12.7 Å². The minimum atomic E-state index is -4.54. The molecule has 3 aromatic rings. The van der Waals surface area contributed by atoms with E-state index in [2.05, 4.69) is 15.9 Å². The Morgan fingerprint density at radius 2 is 1.72 bits per heavy atom. The van der Waals surface area contributed by atoms with Gasteiger partial charge in [0.1, 0.15) is 5.82 Å². The molecule has 1 aromatic heterocycles. The van der Waals surface area contributed by atoms with Crippen LogP contribution in [0.3, 0.4) is 0 Å². The van der Waals surface area contributed by atoms with Crippen molar-refractivity contribution in [1.82, 2.24) is 14.7 Å². The van der Waals surface area contributed by atoms with E-state index in [9.17, 15) is 22.4 Å². The number of piperidine rings is 1. The molecular weight excluding hydrogens is 578 g/mol. The molecule has 1 saturated carbocycles. The maximum atomic E-state index is 14.6. The molecule has 1 saturated heterocycles. The summed E-state index contributed by atoms with van der Waals surface area (Å²) >= 11 is 3.45. The highest BCUT2D eigenvalue weighted by molar-refractivity contribution is 9.10. The number of carbonyl (C=O) groups excluding carboxylic acids is 1. The standard InChI is InChI=1S/C28H28BrF4N5O/c1-17-21-16-37(19-9-10-19)34-26(21)36(15-18-5-2-3-6-22(18)28(31,32)33)27(39)38(17)20-11-13-35(14-12-20)25-23(29)7-4-8-24(25)30/h2-8,16-17,19-20H,9-15H2,1H3. The van der Waals surface area contributed by atoms with Gasteiger partial charge in [0.2, 0.25) is 0 Å². The van der Waals surface area contributed by atoms with Crippen molar-refractivity contribution in [2.24, 2.45) is 0 Å². The molecule has 0 spiro atoms. The molecule has 2 amide bonds. The van der Waals surface area contributed by atoms with E-state index >= 15 is 0 Å². The van der Waals surface area contributed by atoms with E-state index in [0.717, 1.165) is 24.5 Å². The van der Waals surface area contributed by atoms with Crippen LogP contribution in [0.5, 0.6) is 0 Å². The average molecular weight is 606 g/mol. The van der Waals surface area contributed by atoms with E-state index in [1.165, 1.54) is 23.1 Å². The Kier molecular flexibility index (Phi) is 6.60. The number of anilines is 2. The molecule has 6 rings (SSSR count). The monoisotopic (exact) mass is 605 g/mol. The maximum absolute atomic E-state index is 14.6. The zero-order valence-electron chi connectivity index (χ0n) is 21.3. The molecule has 206 valence electrons. The van der Waals surface area contributed by atoms with Gasteiger partial charge in [0.05, 0.1) is 29.9 Å². The molecule has 3 heterocycles. The smallest absolute Gasteiger partial charge is 0.368 e. The SMILES string of the molecule is CC1c2cn(C3CC3)nc2N(Cc2ccccc2C(F)(F)F)C(=O)N1C1CCN(c2c(F)cccc2Br)CC1. The molecule has 0 bridgehead atoms. The highest BCUT2D eigenvalue weighted by Crippen LogP contribution is 2.44. The molecule has 0 radical (unpaired) electrons. The van der Waals surface area contributed by atoms with E-state index in [4.69, 9.17) is 5.10 Å². The predicted molar refractivity (Wildman–Crippen MR) is 143 cm³/mol. The number of urea groups is 1. The lowest BCUT2D eigenvalue weighted by molar-refractivity contribution is -0.138. The second-order valence-electron chi connectivity index (χ2n) is 10.5. The van der Waals surface area contributed by atoms with Crippen molar-refractivity contribution in [3.8, 4) is 0 Å². The summed E-state index contributed by atoms with van der Waals surface area (Å²) in [6, 6.07) is 9.73. The van der Waals surface area contributed by atoms with E-state index in [1.807, 2.05) is 22.7 Å². The fourth-order valence-corrected chi connectivity index (χ4v) is 6.44. The predicted octanol–water partition coefficient (Wildman–Crippen LogP) is 7.31. The number of hydrogen-bond donors (Lipinski definition) is 0. The van der Waals surface area contributed by atoms with E-state index < -0.39 is 11.7 Å². The first-order valence-corrected chi connectivity index (χ1v) is 14.0. The Labute approximate surface area is 232 Å². The molecule has 1 atom stereocenters. The Balaban J connectivity index is 1.31. The van der Waals surface area contributed by atoms with Crippen LogP contribution in [0, 0.1) is 5.82 Å². The third-order valence-corrected chi connectivity index (χ3v) is 8.64. The van der Waals surface area contributed by atoms with E-state index in [1.54, 1.807) is 23.1 Å². The molecule has 2 aliphatic heterocycles. The summed E-state index contributed by atoms with van der Waals surface area (Å²) in [4.78, 5) is 19.2. The quantitative estimate of drug-likeness (QED) is 0.286. The van der Waals surface area contributed by atoms with Gasteiger partial charge >= 0.3 is 12.2 Å². The topological polar surface area (TPSA) is 44.6 Å². The van der Waals surface area contributed by atoms with Crippen molar-refractivity contribution in [3.05, 3.63) is 75.6 Å². The Bertz CT molecular complexity index is 1380. The first-order chi connectivity index (χ1) is 18.6. The van der Waals surface area contributed by atoms with Crippen LogP contribution in [-0.4, -0.2) is 39.8 Å². The number of fused-ring (bicyclic) bond motifs is 1. The van der Waals surface area contributed by atoms with E-state index in [-0.39, 0.29) is 42.1 Å². The fourth-order valence-electron chi connectivity index (χ4n) is 5.85. The van der Waals surface area contributed by atoms with Crippen LogP contribution in [0.2, 0.25) is 0 Å². The lowest BCUT2D eigenvalue weighted by atomic mass is 9.97. The highest BCUT2D eigenvalue weighted by atomic mass is 79.9. The van der Waals surface area contributed by atoms with Crippen molar-refractivity contribution in [3.63, 3.8) is 0 Å². The summed E-state index contributed by atoms with van der Waals surface area (Å²) in [5.41, 5.74) is 0.617. The lowest BCUT2D eigenvalue weighted by Gasteiger charge is -2.46. The second-order valence-corrected chi connectivity index (χ2v) is 11.4. The first-order valence-electron chi connectivity index (χ1n) is 13.2. The molecule has 3 aliphatic rings. The number of nitrogens with zero attached hydrogens (tertiary/aromatic N) is 5. The normalized spacial score (nSPS) is 20.5. The van der Waals surface area contributed by atoms with Crippen LogP contribution in [0.15, 0.2) is 53.1 Å². The highest BCUT2D eigenvalue weighted by Gasteiger charge is 2.44. The number of aromatic nitrogens is 2. The third-order valence-electron chi connectivity index (χ3n) is 8.00. The molecule has 39 heavy (non-hydrogen) atoms. The minimum Gasteiger partial charge on any atom is -0.368 e. The number of para-hydroxylation sites is 1. The molecular formula is C28H28BrF4N5O. The van der Waals surface area contributed by atoms with Crippen LogP contribution in [0.1, 0.15) is 61.4 Å². The summed E-state index contributed by atoms with van der Waals surface area (Å²) < 4.78 is 58.6. The number of rotatable bonds is 5. The van der Waals surface area contributed by atoms with E-state index in [0.29, 0.717) is 41.9 Å². The van der Waals surface area contributed by atoms with Crippen LogP contribution in [0.4, 0.5) is 33.9 Å². The fraction of sp³-hybridized carbons (Fsp3) is 0.429. The van der Waals surface area contributed by atoms with Crippen molar-refractivity contribution < 1.29 is 22.4 Å². The molecule has 1 aliphatic carbocycles. The largest absolute Gasteiger partial charge is 0.416 e. The first kappa shape index (κ1) is 26.2. The summed E-state index contributed by atoms with van der Waals surface area (Å²) in [6.07, 6.45) is 0.616. The number of hydrogen-bond acceptors (Lipinski definition) is 3. The van der Waals surface area contributed by atoms with Crippen molar-refractivity contribution >= 4 is 33.5 Å². The molecule has 1 unspecified atom stereocenters. The Morgan fingerprint density at radius 1 is 1.00 bits per heavy atom. The van der Waals surface area contributed by atoms with Gasteiger partial charge in [-0.15, -0.1) is 0 Å². The van der Waals surface area contributed by atoms with Gasteiger partial charge in [0.15, 0.2) is 5.82 Å². The van der Waals surface area contributed by atoms with Crippen molar-refractivity contribution in [2.75, 3.05) is 22.9 Å². The van der Waals surface area contributed by atoms with Crippen LogP contribution >= 0.6 is 15.9 Å². The van der Waals surface area contributed by atoms with Crippen molar-refractivity contribution in [2.45, 2.75) is 63.5 Å². The number of benzene rings is 2. The minimum absolute atomic E-state index is 0.0268. The molecule has 2 fully saturated rings. The van der Waals surface area contributed by atoms with Gasteiger partial charge in [-0.1, -0.05) is 24.3 Å². The van der Waals surface area contributed by atoms with Crippen LogP contribution in [0.25, 0.3) is 0 Å². The number of alkyl halides is 3. The zero-order valence-corrected chi connectivity index (χ0v) is 22.9. The van der Waals surface area contributed by atoms with Gasteiger partial charge in [-0.05, 0) is 72.3 Å². The van der Waals surface area contributed by atoms with Crippen molar-refractivity contribution in [1.29, 1.82) is 0 Å². The van der Waals surface area contributed by atoms with Gasteiger partial charge < -0.3 is 9.80 Å². The van der Waals surface area contributed by atoms with Crippen LogP contribution < -0.4 is 9.80 Å². The molecule has 6 nitrogen and oxygen atoms in total. The number of amides is 2. The van der Waals surface area contributed by atoms with Gasteiger partial charge in [0, 0.05) is 35.4 Å². The van der Waals surface area contributed by atoms with Gasteiger partial charge in [-0.3, -0.25) is 9.58 Å². The maximum Gasteiger partial charge on any atom is 0.416 e. The molecule has 2 aromatic carbocycles. The lowest BCUT2D eigenvalue weighted by Crippen LogP contribution is -2.55. The zero-order chi connectivity index (χ0) is 27.5. The number of carbonyl (C=O) groups is 1.